The fourth-order valence-corrected chi connectivity index (χ4v) is 4.28. The molecule has 130 valence electrons. The van der Waals surface area contributed by atoms with Crippen LogP contribution in [-0.4, -0.2) is 10.9 Å². The maximum Gasteiger partial charge on any atom is 0.226 e. The van der Waals surface area contributed by atoms with E-state index in [2.05, 4.69) is 47.7 Å². The molecule has 0 spiro atoms. The molecule has 1 atom stereocenters. The molecule has 1 aromatic carbocycles. The monoisotopic (exact) mass is 370 g/mol. The molecular weight excluding hydrogens is 348 g/mol. The van der Waals surface area contributed by atoms with Gasteiger partial charge >= 0.3 is 0 Å². The Bertz CT molecular complexity index is 794. The van der Waals surface area contributed by atoms with Gasteiger partial charge in [-0.3, -0.25) is 4.79 Å². The molecule has 1 amide bonds. The van der Waals surface area contributed by atoms with Gasteiger partial charge in [0.05, 0.1) is 18.2 Å². The first-order chi connectivity index (χ1) is 12.1. The first-order valence-corrected chi connectivity index (χ1v) is 10.3. The second-order valence-corrected chi connectivity index (χ2v) is 8.13. The number of amides is 1. The van der Waals surface area contributed by atoms with Crippen LogP contribution in [-0.2, 0) is 11.2 Å². The number of rotatable bonds is 7. The fourth-order valence-electron chi connectivity index (χ4n) is 2.75. The van der Waals surface area contributed by atoms with Crippen LogP contribution in [0.25, 0.3) is 10.6 Å². The molecule has 2 aromatic heterocycles. The fraction of sp³-hybridized carbons (Fsp3) is 0.300. The second-order valence-electron chi connectivity index (χ2n) is 6.49. The van der Waals surface area contributed by atoms with Crippen molar-refractivity contribution in [2.45, 2.75) is 32.7 Å². The summed E-state index contributed by atoms with van der Waals surface area (Å²) in [6.45, 7) is 4.35. The highest BCUT2D eigenvalue weighted by molar-refractivity contribution is 7.14. The predicted molar refractivity (Wildman–Crippen MR) is 106 cm³/mol. The predicted octanol–water partition coefficient (Wildman–Crippen LogP) is 5.32. The van der Waals surface area contributed by atoms with Crippen LogP contribution >= 0.6 is 22.7 Å². The summed E-state index contributed by atoms with van der Waals surface area (Å²) >= 11 is 3.25. The Kier molecular flexibility index (Phi) is 6.00. The summed E-state index contributed by atoms with van der Waals surface area (Å²) in [5, 5.41) is 10.3. The maximum atomic E-state index is 12.5. The van der Waals surface area contributed by atoms with E-state index in [4.69, 9.17) is 0 Å². The number of hydrogen-bond acceptors (Lipinski definition) is 4. The molecule has 0 saturated carbocycles. The number of carbonyl (C=O) groups is 1. The van der Waals surface area contributed by atoms with E-state index in [1.165, 1.54) is 0 Å². The van der Waals surface area contributed by atoms with Crippen LogP contribution in [0.15, 0.2) is 52.5 Å². The lowest BCUT2D eigenvalue weighted by atomic mass is 9.97. The van der Waals surface area contributed by atoms with Crippen molar-refractivity contribution >= 4 is 28.6 Å². The molecule has 2 heterocycles. The van der Waals surface area contributed by atoms with Crippen LogP contribution in [0.3, 0.4) is 0 Å². The normalized spacial score (nSPS) is 12.3. The number of aromatic nitrogens is 1. The quantitative estimate of drug-likeness (QED) is 0.612. The van der Waals surface area contributed by atoms with Crippen LogP contribution in [0.1, 0.15) is 37.6 Å². The highest BCUT2D eigenvalue weighted by Gasteiger charge is 2.17. The minimum Gasteiger partial charge on any atom is -0.349 e. The van der Waals surface area contributed by atoms with Gasteiger partial charge in [0.25, 0.3) is 0 Å². The summed E-state index contributed by atoms with van der Waals surface area (Å²) in [5.41, 5.74) is 3.12. The van der Waals surface area contributed by atoms with Gasteiger partial charge in [-0.1, -0.05) is 44.2 Å². The molecule has 3 aromatic rings. The molecule has 0 aliphatic carbocycles. The molecule has 0 aliphatic heterocycles. The van der Waals surface area contributed by atoms with Gasteiger partial charge in [-0.2, -0.15) is 11.3 Å². The van der Waals surface area contributed by atoms with Crippen LogP contribution < -0.4 is 5.32 Å². The maximum absolute atomic E-state index is 12.5. The van der Waals surface area contributed by atoms with Gasteiger partial charge in [-0.05, 0) is 29.3 Å². The number of hydrogen-bond donors (Lipinski definition) is 1. The first kappa shape index (κ1) is 17.8. The Balaban J connectivity index is 1.65. The molecule has 0 aliphatic rings. The summed E-state index contributed by atoms with van der Waals surface area (Å²) in [7, 11) is 0. The first-order valence-electron chi connectivity index (χ1n) is 8.43. The molecule has 25 heavy (non-hydrogen) atoms. The van der Waals surface area contributed by atoms with E-state index in [0.717, 1.165) is 28.2 Å². The second kappa shape index (κ2) is 8.41. The smallest absolute Gasteiger partial charge is 0.226 e. The van der Waals surface area contributed by atoms with Crippen LogP contribution in [0.2, 0.25) is 0 Å². The molecule has 0 bridgehead atoms. The molecular formula is C20H22N2OS2. The Morgan fingerprint density at radius 2 is 1.96 bits per heavy atom. The summed E-state index contributed by atoms with van der Waals surface area (Å²) in [6, 6.07) is 12.3. The summed E-state index contributed by atoms with van der Waals surface area (Å²) in [4.78, 5) is 17.1. The Labute approximate surface area is 156 Å². The zero-order valence-corrected chi connectivity index (χ0v) is 16.1. The molecule has 1 N–H and O–H groups in total. The number of thiazole rings is 1. The third kappa shape index (κ3) is 5.00. The third-order valence-electron chi connectivity index (χ3n) is 3.91. The lowest BCUT2D eigenvalue weighted by Gasteiger charge is -2.21. The highest BCUT2D eigenvalue weighted by Crippen LogP contribution is 2.26. The van der Waals surface area contributed by atoms with Crippen LogP contribution in [0, 0.1) is 5.92 Å². The molecule has 3 nitrogen and oxygen atoms in total. The molecule has 3 rings (SSSR count). The van der Waals surface area contributed by atoms with E-state index in [1.54, 1.807) is 22.7 Å². The van der Waals surface area contributed by atoms with Crippen LogP contribution in [0.5, 0.6) is 0 Å². The molecule has 0 saturated heterocycles. The molecule has 0 fully saturated rings. The van der Waals surface area contributed by atoms with Crippen LogP contribution in [0.4, 0.5) is 0 Å². The van der Waals surface area contributed by atoms with E-state index in [9.17, 15) is 4.79 Å². The van der Waals surface area contributed by atoms with Gasteiger partial charge < -0.3 is 5.32 Å². The van der Waals surface area contributed by atoms with Gasteiger partial charge in [0.1, 0.15) is 5.01 Å². The summed E-state index contributed by atoms with van der Waals surface area (Å²) in [5.74, 6) is 0.534. The standard InChI is InChI=1S/C20H22N2OS2/c1-14(2)10-18(15-6-4-3-5-7-15)22-19(23)11-17-13-25-20(21-17)16-8-9-24-12-16/h3-9,12-14,18H,10-11H2,1-2H3,(H,22,23)/t18-/m1/s1. The van der Waals surface area contributed by atoms with E-state index in [1.807, 2.05) is 29.0 Å². The van der Waals surface area contributed by atoms with E-state index >= 15 is 0 Å². The van der Waals surface area contributed by atoms with Crippen molar-refractivity contribution < 1.29 is 4.79 Å². The number of benzene rings is 1. The van der Waals surface area contributed by atoms with Crippen molar-refractivity contribution in [3.05, 3.63) is 63.8 Å². The van der Waals surface area contributed by atoms with Crippen molar-refractivity contribution in [1.29, 1.82) is 0 Å². The van der Waals surface area contributed by atoms with Gasteiger partial charge in [0, 0.05) is 16.3 Å². The number of thiophene rings is 1. The minimum atomic E-state index is 0.0247. The zero-order chi connectivity index (χ0) is 17.6. The van der Waals surface area contributed by atoms with Crippen molar-refractivity contribution in [3.8, 4) is 10.6 Å². The average Bonchev–Trinajstić information content (AvgIpc) is 3.26. The summed E-state index contributed by atoms with van der Waals surface area (Å²) in [6.07, 6.45) is 1.25. The molecule has 0 radical (unpaired) electrons. The van der Waals surface area contributed by atoms with Crippen molar-refractivity contribution in [1.82, 2.24) is 10.3 Å². The van der Waals surface area contributed by atoms with E-state index < -0.39 is 0 Å². The third-order valence-corrected chi connectivity index (χ3v) is 5.53. The van der Waals surface area contributed by atoms with Crippen molar-refractivity contribution in [2.75, 3.05) is 0 Å². The highest BCUT2D eigenvalue weighted by atomic mass is 32.1. The molecule has 5 heteroatoms. The Morgan fingerprint density at radius 3 is 2.64 bits per heavy atom. The largest absolute Gasteiger partial charge is 0.349 e. The number of nitrogens with one attached hydrogen (secondary N) is 1. The van der Waals surface area contributed by atoms with Gasteiger partial charge in [0.15, 0.2) is 0 Å². The Morgan fingerprint density at radius 1 is 1.16 bits per heavy atom. The summed E-state index contributed by atoms with van der Waals surface area (Å²) < 4.78 is 0. The van der Waals surface area contributed by atoms with E-state index in [0.29, 0.717) is 12.3 Å². The van der Waals surface area contributed by atoms with Gasteiger partial charge in [-0.15, -0.1) is 11.3 Å². The number of carbonyl (C=O) groups excluding carboxylic acids is 1. The van der Waals surface area contributed by atoms with Crippen molar-refractivity contribution in [3.63, 3.8) is 0 Å². The average molecular weight is 371 g/mol. The number of nitrogens with zero attached hydrogens (tertiary/aromatic N) is 1. The van der Waals surface area contributed by atoms with Gasteiger partial charge in [-0.25, -0.2) is 4.98 Å². The lowest BCUT2D eigenvalue weighted by Crippen LogP contribution is -2.30. The minimum absolute atomic E-state index is 0.0247. The SMILES string of the molecule is CC(C)C[C@@H](NC(=O)Cc1csc(-c2ccsc2)n1)c1ccccc1. The van der Waals surface area contributed by atoms with E-state index in [-0.39, 0.29) is 11.9 Å². The Hall–Kier alpha value is -1.98. The lowest BCUT2D eigenvalue weighted by molar-refractivity contribution is -0.121. The van der Waals surface area contributed by atoms with Gasteiger partial charge in [0.2, 0.25) is 5.91 Å². The topological polar surface area (TPSA) is 42.0 Å². The zero-order valence-electron chi connectivity index (χ0n) is 14.4. The van der Waals surface area contributed by atoms with Crippen molar-refractivity contribution in [2.24, 2.45) is 5.92 Å². The molecule has 0 unspecified atom stereocenters.